The second-order valence-electron chi connectivity index (χ2n) is 4.79. The number of benzene rings is 1. The van der Waals surface area contributed by atoms with Gasteiger partial charge < -0.3 is 15.3 Å². The molecule has 2 N–H and O–H groups in total. The van der Waals surface area contributed by atoms with Gasteiger partial charge in [0.2, 0.25) is 5.91 Å². The van der Waals surface area contributed by atoms with E-state index in [2.05, 4.69) is 5.32 Å². The summed E-state index contributed by atoms with van der Waals surface area (Å²) in [6.45, 7) is 6.48. The van der Waals surface area contributed by atoms with Crippen LogP contribution >= 0.6 is 0 Å². The molecule has 0 aliphatic carbocycles. The molecule has 0 aliphatic rings. The lowest BCUT2D eigenvalue weighted by molar-refractivity contribution is -0.132. The van der Waals surface area contributed by atoms with Crippen molar-refractivity contribution in [3.05, 3.63) is 35.4 Å². The Morgan fingerprint density at radius 3 is 2.29 bits per heavy atom. The zero-order valence-corrected chi connectivity index (χ0v) is 12.6. The van der Waals surface area contributed by atoms with Gasteiger partial charge in [0.1, 0.15) is 11.6 Å². The highest BCUT2D eigenvalue weighted by Gasteiger charge is 2.21. The quantitative estimate of drug-likeness (QED) is 0.808. The average Bonchev–Trinajstić information content (AvgIpc) is 2.45. The number of likely N-dealkylation sites (N-methyl/N-ethyl adjacent to an activating group) is 1. The van der Waals surface area contributed by atoms with Crippen LogP contribution in [0.25, 0.3) is 0 Å². The van der Waals surface area contributed by atoms with Gasteiger partial charge in [-0.2, -0.15) is 0 Å². The zero-order chi connectivity index (χ0) is 16.0. The number of hydrogen-bond acceptors (Lipinski definition) is 3. The molecule has 21 heavy (non-hydrogen) atoms. The minimum Gasteiger partial charge on any atom is -0.387 e. The molecule has 2 atom stereocenters. The fourth-order valence-corrected chi connectivity index (χ4v) is 2.12. The molecule has 2 unspecified atom stereocenters. The van der Waals surface area contributed by atoms with E-state index in [1.54, 1.807) is 11.8 Å². The van der Waals surface area contributed by atoms with Gasteiger partial charge in [-0.25, -0.2) is 8.78 Å². The lowest BCUT2D eigenvalue weighted by Crippen LogP contribution is -2.45. The maximum Gasteiger partial charge on any atom is 0.239 e. The normalized spacial score (nSPS) is 13.8. The molecule has 1 amide bonds. The lowest BCUT2D eigenvalue weighted by atomic mass is 10.1. The number of carbonyl (C=O) groups excluding carboxylic acids is 1. The monoisotopic (exact) mass is 300 g/mol. The number of halogens is 2. The summed E-state index contributed by atoms with van der Waals surface area (Å²) < 4.78 is 27.0. The Bertz CT molecular complexity index is 458. The van der Waals surface area contributed by atoms with E-state index >= 15 is 0 Å². The van der Waals surface area contributed by atoms with Crippen LogP contribution < -0.4 is 5.32 Å². The van der Waals surface area contributed by atoms with Crippen molar-refractivity contribution in [2.75, 3.05) is 19.6 Å². The predicted molar refractivity (Wildman–Crippen MR) is 76.7 cm³/mol. The summed E-state index contributed by atoms with van der Waals surface area (Å²) in [6.07, 6.45) is -1.35. The molecule has 0 spiro atoms. The maximum atomic E-state index is 13.5. The van der Waals surface area contributed by atoms with Gasteiger partial charge >= 0.3 is 0 Å². The molecule has 0 aromatic heterocycles. The van der Waals surface area contributed by atoms with Gasteiger partial charge in [-0.15, -0.1) is 0 Å². The second-order valence-corrected chi connectivity index (χ2v) is 4.79. The van der Waals surface area contributed by atoms with Gasteiger partial charge in [0, 0.05) is 19.6 Å². The highest BCUT2D eigenvalue weighted by Crippen LogP contribution is 2.20. The molecule has 0 saturated carbocycles. The Morgan fingerprint density at radius 2 is 1.81 bits per heavy atom. The number of amides is 1. The fourth-order valence-electron chi connectivity index (χ4n) is 2.12. The van der Waals surface area contributed by atoms with Crippen molar-refractivity contribution >= 4 is 5.91 Å². The molecule has 1 rings (SSSR count). The van der Waals surface area contributed by atoms with Gasteiger partial charge in [-0.1, -0.05) is 6.07 Å². The number of aliphatic hydroxyl groups is 1. The summed E-state index contributed by atoms with van der Waals surface area (Å²) in [7, 11) is 0. The molecular weight excluding hydrogens is 278 g/mol. The Balaban J connectivity index is 2.64. The second kappa shape index (κ2) is 8.05. The zero-order valence-electron chi connectivity index (χ0n) is 12.6. The van der Waals surface area contributed by atoms with Crippen LogP contribution in [0.2, 0.25) is 0 Å². The van der Waals surface area contributed by atoms with Crippen LogP contribution in [0.4, 0.5) is 8.78 Å². The first-order chi connectivity index (χ1) is 9.92. The van der Waals surface area contributed by atoms with E-state index < -0.39 is 23.8 Å². The van der Waals surface area contributed by atoms with Crippen LogP contribution in [0.3, 0.4) is 0 Å². The van der Waals surface area contributed by atoms with E-state index in [-0.39, 0.29) is 18.0 Å². The molecular formula is C15H22F2N2O2. The molecule has 118 valence electrons. The smallest absolute Gasteiger partial charge is 0.239 e. The molecule has 0 saturated heterocycles. The van der Waals surface area contributed by atoms with Gasteiger partial charge in [0.05, 0.1) is 17.7 Å². The minimum absolute atomic E-state index is 0.105. The molecule has 4 nitrogen and oxygen atoms in total. The summed E-state index contributed by atoms with van der Waals surface area (Å²) in [4.78, 5) is 13.7. The first-order valence-electron chi connectivity index (χ1n) is 7.06. The number of carbonyl (C=O) groups is 1. The highest BCUT2D eigenvalue weighted by atomic mass is 19.1. The van der Waals surface area contributed by atoms with Crippen molar-refractivity contribution < 1.29 is 18.7 Å². The molecule has 6 heteroatoms. The van der Waals surface area contributed by atoms with Crippen LogP contribution in [0.15, 0.2) is 18.2 Å². The predicted octanol–water partition coefficient (Wildman–Crippen LogP) is 1.84. The number of nitrogens with one attached hydrogen (secondary N) is 1. The third kappa shape index (κ3) is 4.47. The van der Waals surface area contributed by atoms with Crippen LogP contribution in [-0.4, -0.2) is 41.6 Å². The number of aliphatic hydroxyl groups excluding tert-OH is 1. The van der Waals surface area contributed by atoms with Gasteiger partial charge in [-0.05, 0) is 32.9 Å². The van der Waals surface area contributed by atoms with Crippen molar-refractivity contribution in [1.29, 1.82) is 0 Å². The third-order valence-corrected chi connectivity index (χ3v) is 3.40. The minimum atomic E-state index is -1.35. The summed E-state index contributed by atoms with van der Waals surface area (Å²) >= 11 is 0. The van der Waals surface area contributed by atoms with Gasteiger partial charge in [0.15, 0.2) is 0 Å². The first-order valence-corrected chi connectivity index (χ1v) is 7.06. The van der Waals surface area contributed by atoms with E-state index in [0.29, 0.717) is 13.1 Å². The third-order valence-electron chi connectivity index (χ3n) is 3.40. The van der Waals surface area contributed by atoms with E-state index in [4.69, 9.17) is 0 Å². The molecule has 1 aromatic carbocycles. The summed E-state index contributed by atoms with van der Waals surface area (Å²) in [5.41, 5.74) is -0.382. The SMILES string of the molecule is CCN(CC)C(=O)C(C)NCC(O)c1c(F)cccc1F. The number of rotatable bonds is 7. The Hall–Kier alpha value is -1.53. The first kappa shape index (κ1) is 17.5. The topological polar surface area (TPSA) is 52.6 Å². The Kier molecular flexibility index (Phi) is 6.71. The maximum absolute atomic E-state index is 13.5. The largest absolute Gasteiger partial charge is 0.387 e. The average molecular weight is 300 g/mol. The van der Waals surface area contributed by atoms with Crippen molar-refractivity contribution in [3.63, 3.8) is 0 Å². The molecule has 0 radical (unpaired) electrons. The molecule has 0 heterocycles. The van der Waals surface area contributed by atoms with E-state index in [0.717, 1.165) is 12.1 Å². The fraction of sp³-hybridized carbons (Fsp3) is 0.533. The van der Waals surface area contributed by atoms with Crippen LogP contribution in [0.1, 0.15) is 32.4 Å². The van der Waals surface area contributed by atoms with E-state index in [1.165, 1.54) is 6.07 Å². The van der Waals surface area contributed by atoms with Gasteiger partial charge in [-0.3, -0.25) is 4.79 Å². The van der Waals surface area contributed by atoms with E-state index in [1.807, 2.05) is 13.8 Å². The molecule has 0 aliphatic heterocycles. The number of nitrogens with zero attached hydrogens (tertiary/aromatic N) is 1. The molecule has 0 bridgehead atoms. The van der Waals surface area contributed by atoms with Crippen LogP contribution in [0, 0.1) is 11.6 Å². The van der Waals surface area contributed by atoms with Gasteiger partial charge in [0.25, 0.3) is 0 Å². The van der Waals surface area contributed by atoms with Crippen LogP contribution in [0.5, 0.6) is 0 Å². The van der Waals surface area contributed by atoms with Crippen molar-refractivity contribution in [2.24, 2.45) is 0 Å². The Labute approximate surface area is 123 Å². The molecule has 0 fully saturated rings. The van der Waals surface area contributed by atoms with Crippen LogP contribution in [-0.2, 0) is 4.79 Å². The summed E-state index contributed by atoms with van der Waals surface area (Å²) in [5.74, 6) is -1.71. The summed E-state index contributed by atoms with van der Waals surface area (Å²) in [5, 5.41) is 12.7. The molecule has 1 aromatic rings. The standard InChI is InChI=1S/C15H22F2N2O2/c1-4-19(5-2)15(21)10(3)18-9-13(20)14-11(16)7-6-8-12(14)17/h6-8,10,13,18,20H,4-5,9H2,1-3H3. The summed E-state index contributed by atoms with van der Waals surface area (Å²) in [6, 6.07) is 2.88. The van der Waals surface area contributed by atoms with E-state index in [9.17, 15) is 18.7 Å². The number of hydrogen-bond donors (Lipinski definition) is 2. The lowest BCUT2D eigenvalue weighted by Gasteiger charge is -2.24. The Morgan fingerprint density at radius 1 is 1.29 bits per heavy atom. The van der Waals surface area contributed by atoms with Crippen molar-refractivity contribution in [2.45, 2.75) is 32.9 Å². The van der Waals surface area contributed by atoms with Crippen molar-refractivity contribution in [1.82, 2.24) is 10.2 Å². The highest BCUT2D eigenvalue weighted by molar-refractivity contribution is 5.81. The van der Waals surface area contributed by atoms with Crippen molar-refractivity contribution in [3.8, 4) is 0 Å².